The Bertz CT molecular complexity index is 625. The molecule has 1 saturated carbocycles. The van der Waals surface area contributed by atoms with Gasteiger partial charge in [-0.3, -0.25) is 0 Å². The van der Waals surface area contributed by atoms with E-state index in [1.807, 2.05) is 25.1 Å². The smallest absolute Gasteiger partial charge is 0.127 e. The van der Waals surface area contributed by atoms with Crippen molar-refractivity contribution in [2.24, 2.45) is 11.8 Å². The van der Waals surface area contributed by atoms with Gasteiger partial charge in [0.15, 0.2) is 0 Å². The Morgan fingerprint density at radius 3 is 2.67 bits per heavy atom. The van der Waals surface area contributed by atoms with E-state index in [2.05, 4.69) is 11.5 Å². The minimum absolute atomic E-state index is 0.0845. The summed E-state index contributed by atoms with van der Waals surface area (Å²) >= 11 is 12.5. The summed E-state index contributed by atoms with van der Waals surface area (Å²) in [5.41, 5.74) is 2.11. The zero-order valence-corrected chi connectivity index (χ0v) is 14.2. The van der Waals surface area contributed by atoms with Gasteiger partial charge in [-0.25, -0.2) is 4.98 Å². The van der Waals surface area contributed by atoms with Gasteiger partial charge in [-0.15, -0.1) is 11.6 Å². The predicted molar refractivity (Wildman–Crippen MR) is 90.1 cm³/mol. The Balaban J connectivity index is 1.95. The molecule has 1 aromatic heterocycles. The fourth-order valence-corrected chi connectivity index (χ4v) is 3.71. The van der Waals surface area contributed by atoms with E-state index in [-0.39, 0.29) is 5.38 Å². The van der Waals surface area contributed by atoms with E-state index in [1.54, 1.807) is 0 Å². The van der Waals surface area contributed by atoms with E-state index in [0.29, 0.717) is 0 Å². The molecule has 4 heteroatoms. The molecule has 1 fully saturated rings. The normalized spacial score (nSPS) is 24.4. The van der Waals surface area contributed by atoms with Crippen LogP contribution in [-0.4, -0.2) is 9.55 Å². The minimum Gasteiger partial charge on any atom is -0.326 e. The molecular weight excluding hydrogens is 303 g/mol. The molecule has 0 spiro atoms. The quantitative estimate of drug-likeness (QED) is 0.651. The number of nitrogens with zero attached hydrogens (tertiary/aromatic N) is 2. The first kappa shape index (κ1) is 15.2. The Morgan fingerprint density at radius 1 is 1.29 bits per heavy atom. The van der Waals surface area contributed by atoms with E-state index >= 15 is 0 Å². The van der Waals surface area contributed by atoms with Crippen LogP contribution in [-0.2, 0) is 6.54 Å². The number of hydrogen-bond acceptors (Lipinski definition) is 1. The largest absolute Gasteiger partial charge is 0.326 e. The fourth-order valence-electron chi connectivity index (χ4n) is 3.38. The van der Waals surface area contributed by atoms with Crippen LogP contribution in [0, 0.1) is 11.8 Å². The van der Waals surface area contributed by atoms with Crippen LogP contribution in [0.4, 0.5) is 0 Å². The summed E-state index contributed by atoms with van der Waals surface area (Å²) in [7, 11) is 0. The molecule has 0 aliphatic heterocycles. The average Bonchev–Trinajstić information content (AvgIpc) is 2.80. The number of halogens is 2. The highest BCUT2D eigenvalue weighted by Gasteiger charge is 2.22. The first-order chi connectivity index (χ1) is 10.0. The lowest BCUT2D eigenvalue weighted by Gasteiger charge is -2.27. The molecule has 1 atom stereocenters. The maximum Gasteiger partial charge on any atom is 0.127 e. The number of rotatable bonds is 3. The van der Waals surface area contributed by atoms with Gasteiger partial charge in [0.2, 0.25) is 0 Å². The zero-order chi connectivity index (χ0) is 15.0. The number of alkyl halides is 1. The molecule has 3 rings (SSSR count). The third-order valence-electron chi connectivity index (χ3n) is 4.67. The minimum atomic E-state index is -0.0845. The van der Waals surface area contributed by atoms with Crippen molar-refractivity contribution in [1.29, 1.82) is 0 Å². The lowest BCUT2D eigenvalue weighted by atomic mass is 9.83. The lowest BCUT2D eigenvalue weighted by molar-refractivity contribution is 0.265. The van der Waals surface area contributed by atoms with Gasteiger partial charge < -0.3 is 4.57 Å². The van der Waals surface area contributed by atoms with Gasteiger partial charge >= 0.3 is 0 Å². The van der Waals surface area contributed by atoms with Crippen LogP contribution in [0.2, 0.25) is 5.02 Å². The van der Waals surface area contributed by atoms with Crippen molar-refractivity contribution < 1.29 is 0 Å². The summed E-state index contributed by atoms with van der Waals surface area (Å²) < 4.78 is 2.29. The van der Waals surface area contributed by atoms with Crippen LogP contribution in [0.5, 0.6) is 0 Å². The summed E-state index contributed by atoms with van der Waals surface area (Å²) in [6.45, 7) is 5.36. The van der Waals surface area contributed by atoms with Gasteiger partial charge in [0.1, 0.15) is 5.82 Å². The Labute approximate surface area is 136 Å². The third kappa shape index (κ3) is 3.22. The van der Waals surface area contributed by atoms with Crippen molar-refractivity contribution in [1.82, 2.24) is 9.55 Å². The maximum atomic E-state index is 6.34. The average molecular weight is 325 g/mol. The molecule has 0 radical (unpaired) electrons. The van der Waals surface area contributed by atoms with E-state index in [4.69, 9.17) is 28.2 Å². The van der Waals surface area contributed by atoms with Crippen LogP contribution < -0.4 is 0 Å². The number of hydrogen-bond donors (Lipinski definition) is 0. The van der Waals surface area contributed by atoms with E-state index in [9.17, 15) is 0 Å². The highest BCUT2D eigenvalue weighted by atomic mass is 35.5. The van der Waals surface area contributed by atoms with Crippen molar-refractivity contribution in [2.75, 3.05) is 0 Å². The molecule has 0 amide bonds. The Kier molecular flexibility index (Phi) is 4.46. The Morgan fingerprint density at radius 2 is 2.00 bits per heavy atom. The molecule has 0 bridgehead atoms. The van der Waals surface area contributed by atoms with Crippen molar-refractivity contribution >= 4 is 34.2 Å². The SMILES string of the molecule is CC1CCC(Cn2c(C(C)Cl)nc3ccc(Cl)cc32)CC1. The van der Waals surface area contributed by atoms with E-state index < -0.39 is 0 Å². The van der Waals surface area contributed by atoms with Crippen molar-refractivity contribution in [3.05, 3.63) is 29.0 Å². The molecule has 1 heterocycles. The number of benzene rings is 1. The number of aromatic nitrogens is 2. The lowest BCUT2D eigenvalue weighted by Crippen LogP contribution is -2.19. The second-order valence-electron chi connectivity index (χ2n) is 6.46. The van der Waals surface area contributed by atoms with Gasteiger partial charge in [-0.2, -0.15) is 0 Å². The van der Waals surface area contributed by atoms with Gasteiger partial charge in [-0.1, -0.05) is 31.4 Å². The van der Waals surface area contributed by atoms with Gasteiger partial charge in [0, 0.05) is 11.6 Å². The second-order valence-corrected chi connectivity index (χ2v) is 7.55. The zero-order valence-electron chi connectivity index (χ0n) is 12.6. The topological polar surface area (TPSA) is 17.8 Å². The highest BCUT2D eigenvalue weighted by molar-refractivity contribution is 6.31. The molecule has 1 unspecified atom stereocenters. The summed E-state index contributed by atoms with van der Waals surface area (Å²) in [4.78, 5) is 4.71. The molecule has 1 aliphatic carbocycles. The third-order valence-corrected chi connectivity index (χ3v) is 5.10. The Hall–Kier alpha value is -0.730. The number of imidazole rings is 1. The molecule has 1 aromatic carbocycles. The summed E-state index contributed by atoms with van der Waals surface area (Å²) in [6, 6.07) is 5.89. The molecule has 1 aliphatic rings. The van der Waals surface area contributed by atoms with Crippen LogP contribution in [0.25, 0.3) is 11.0 Å². The van der Waals surface area contributed by atoms with Crippen LogP contribution >= 0.6 is 23.2 Å². The fraction of sp³-hybridized carbons (Fsp3) is 0.588. The maximum absolute atomic E-state index is 6.34. The molecule has 2 aromatic rings. The van der Waals surface area contributed by atoms with Crippen LogP contribution in [0.1, 0.15) is 50.7 Å². The molecule has 2 nitrogen and oxygen atoms in total. The predicted octanol–water partition coefficient (Wildman–Crippen LogP) is 5.82. The van der Waals surface area contributed by atoms with Gasteiger partial charge in [-0.05, 0) is 49.8 Å². The highest BCUT2D eigenvalue weighted by Crippen LogP contribution is 2.33. The van der Waals surface area contributed by atoms with E-state index in [0.717, 1.165) is 40.3 Å². The van der Waals surface area contributed by atoms with Crippen molar-refractivity contribution in [3.8, 4) is 0 Å². The van der Waals surface area contributed by atoms with Gasteiger partial charge in [0.25, 0.3) is 0 Å². The first-order valence-corrected chi connectivity index (χ1v) is 8.65. The van der Waals surface area contributed by atoms with Crippen LogP contribution in [0.15, 0.2) is 18.2 Å². The standard InChI is InChI=1S/C17H22Cl2N2/c1-11-3-5-13(6-4-11)10-21-16-9-14(19)7-8-15(16)20-17(21)12(2)18/h7-9,11-13H,3-6,10H2,1-2H3. The summed E-state index contributed by atoms with van der Waals surface area (Å²) in [6.07, 6.45) is 5.28. The van der Waals surface area contributed by atoms with Gasteiger partial charge in [0.05, 0.1) is 16.4 Å². The number of fused-ring (bicyclic) bond motifs is 1. The van der Waals surface area contributed by atoms with E-state index in [1.165, 1.54) is 25.7 Å². The summed E-state index contributed by atoms with van der Waals surface area (Å²) in [5, 5.41) is 0.674. The first-order valence-electron chi connectivity index (χ1n) is 7.84. The molecule has 0 N–H and O–H groups in total. The molecular formula is C17H22Cl2N2. The molecule has 0 saturated heterocycles. The monoisotopic (exact) mass is 324 g/mol. The second kappa shape index (κ2) is 6.18. The van der Waals surface area contributed by atoms with Crippen LogP contribution in [0.3, 0.4) is 0 Å². The molecule has 21 heavy (non-hydrogen) atoms. The summed E-state index contributed by atoms with van der Waals surface area (Å²) in [5.74, 6) is 2.57. The van der Waals surface area contributed by atoms with Crippen molar-refractivity contribution in [3.63, 3.8) is 0 Å². The molecule has 114 valence electrons. The van der Waals surface area contributed by atoms with Crippen molar-refractivity contribution in [2.45, 2.75) is 51.5 Å².